The molecule has 25 heavy (non-hydrogen) atoms. The Hall–Kier alpha value is -3.01. The fraction of sp³-hybridized carbons (Fsp3) is 0.190. The zero-order valence-corrected chi connectivity index (χ0v) is 14.3. The molecule has 0 bridgehead atoms. The summed E-state index contributed by atoms with van der Waals surface area (Å²) in [5.41, 5.74) is 6.02. The Labute approximate surface area is 146 Å². The van der Waals surface area contributed by atoms with Crippen molar-refractivity contribution in [2.24, 2.45) is 0 Å². The van der Waals surface area contributed by atoms with Gasteiger partial charge in [-0.25, -0.2) is 4.79 Å². The van der Waals surface area contributed by atoms with Gasteiger partial charge in [-0.2, -0.15) is 0 Å². The van der Waals surface area contributed by atoms with Crippen LogP contribution in [0.15, 0.2) is 54.6 Å². The first-order valence-corrected chi connectivity index (χ1v) is 8.27. The number of esters is 1. The summed E-state index contributed by atoms with van der Waals surface area (Å²) < 4.78 is 12.4. The largest absolute Gasteiger partial charge is 0.497 e. The molecule has 0 radical (unpaired) electrons. The second-order valence-electron chi connectivity index (χ2n) is 6.07. The Morgan fingerprint density at radius 2 is 1.76 bits per heavy atom. The van der Waals surface area contributed by atoms with Gasteiger partial charge < -0.3 is 14.0 Å². The first kappa shape index (κ1) is 15.5. The second kappa shape index (κ2) is 6.13. The number of aromatic nitrogens is 1. The molecule has 126 valence electrons. The molecule has 0 atom stereocenters. The third kappa shape index (κ3) is 2.50. The predicted molar refractivity (Wildman–Crippen MR) is 96.9 cm³/mol. The van der Waals surface area contributed by atoms with Crippen molar-refractivity contribution in [3.8, 4) is 28.1 Å². The molecule has 0 aliphatic carbocycles. The van der Waals surface area contributed by atoms with Crippen LogP contribution in [-0.4, -0.2) is 24.8 Å². The molecule has 4 heteroatoms. The Morgan fingerprint density at radius 3 is 2.48 bits per heavy atom. The number of benzene rings is 2. The molecule has 3 aromatic rings. The van der Waals surface area contributed by atoms with E-state index in [1.807, 2.05) is 30.3 Å². The average Bonchev–Trinajstić information content (AvgIpc) is 3.07. The number of aryl methyl sites for hydroxylation is 1. The number of fused-ring (bicyclic) bond motifs is 3. The van der Waals surface area contributed by atoms with E-state index < -0.39 is 0 Å². The number of methoxy groups -OCH3 is 2. The van der Waals surface area contributed by atoms with Crippen molar-refractivity contribution in [2.75, 3.05) is 14.2 Å². The molecule has 4 rings (SSSR count). The van der Waals surface area contributed by atoms with E-state index in [-0.39, 0.29) is 5.97 Å². The number of hydrogen-bond acceptors (Lipinski definition) is 3. The van der Waals surface area contributed by atoms with Gasteiger partial charge in [-0.15, -0.1) is 0 Å². The maximum Gasteiger partial charge on any atom is 0.355 e. The highest BCUT2D eigenvalue weighted by atomic mass is 16.5. The van der Waals surface area contributed by atoms with Crippen molar-refractivity contribution >= 4 is 5.97 Å². The van der Waals surface area contributed by atoms with Crippen LogP contribution in [0.4, 0.5) is 0 Å². The van der Waals surface area contributed by atoms with Crippen LogP contribution >= 0.6 is 0 Å². The van der Waals surface area contributed by atoms with E-state index >= 15 is 0 Å². The standard InChI is InChI=1S/C21H19NO3/c1-24-16-9-7-15(8-10-16)18-13-19-17-6-4-3-5-14(17)11-12-22(19)20(18)21(23)25-2/h3-10,13H,11-12H2,1-2H3. The minimum absolute atomic E-state index is 0.309. The van der Waals surface area contributed by atoms with Gasteiger partial charge >= 0.3 is 5.97 Å². The highest BCUT2D eigenvalue weighted by Gasteiger charge is 2.26. The van der Waals surface area contributed by atoms with E-state index in [9.17, 15) is 4.79 Å². The molecular formula is C21H19NO3. The van der Waals surface area contributed by atoms with Crippen molar-refractivity contribution in [2.45, 2.75) is 13.0 Å². The molecule has 0 amide bonds. The van der Waals surface area contributed by atoms with Crippen LogP contribution in [0.2, 0.25) is 0 Å². The highest BCUT2D eigenvalue weighted by Crippen LogP contribution is 2.38. The molecule has 0 saturated carbocycles. The van der Waals surface area contributed by atoms with E-state index in [2.05, 4.69) is 28.8 Å². The van der Waals surface area contributed by atoms with Crippen molar-refractivity contribution in [1.29, 1.82) is 0 Å². The SMILES string of the molecule is COC(=O)c1c(-c2ccc(OC)cc2)cc2n1CCc1ccccc1-2. The molecule has 1 aliphatic heterocycles. The maximum absolute atomic E-state index is 12.5. The summed E-state index contributed by atoms with van der Waals surface area (Å²) >= 11 is 0. The maximum atomic E-state index is 12.5. The van der Waals surface area contributed by atoms with Gasteiger partial charge in [0.2, 0.25) is 0 Å². The smallest absolute Gasteiger partial charge is 0.355 e. The summed E-state index contributed by atoms with van der Waals surface area (Å²) in [5, 5.41) is 0. The average molecular weight is 333 g/mol. The number of carbonyl (C=O) groups excluding carboxylic acids is 1. The zero-order valence-electron chi connectivity index (χ0n) is 14.3. The zero-order chi connectivity index (χ0) is 17.4. The van der Waals surface area contributed by atoms with Gasteiger partial charge in [0.15, 0.2) is 0 Å². The van der Waals surface area contributed by atoms with Gasteiger partial charge in [0.1, 0.15) is 11.4 Å². The highest BCUT2D eigenvalue weighted by molar-refractivity contribution is 5.98. The van der Waals surface area contributed by atoms with Gasteiger partial charge in [-0.3, -0.25) is 0 Å². The molecular weight excluding hydrogens is 314 g/mol. The molecule has 1 aliphatic rings. The van der Waals surface area contributed by atoms with E-state index in [1.165, 1.54) is 18.2 Å². The van der Waals surface area contributed by atoms with E-state index in [1.54, 1.807) is 7.11 Å². The molecule has 1 aromatic heterocycles. The Balaban J connectivity index is 1.93. The van der Waals surface area contributed by atoms with Crippen LogP contribution in [0.3, 0.4) is 0 Å². The van der Waals surface area contributed by atoms with Crippen molar-refractivity contribution < 1.29 is 14.3 Å². The van der Waals surface area contributed by atoms with Gasteiger partial charge in [-0.1, -0.05) is 36.4 Å². The van der Waals surface area contributed by atoms with Gasteiger partial charge in [0.25, 0.3) is 0 Å². The first-order valence-electron chi connectivity index (χ1n) is 8.27. The molecule has 2 heterocycles. The number of ether oxygens (including phenoxy) is 2. The molecule has 4 nitrogen and oxygen atoms in total. The fourth-order valence-electron chi connectivity index (χ4n) is 3.53. The van der Waals surface area contributed by atoms with Crippen molar-refractivity contribution in [3.05, 3.63) is 65.9 Å². The molecule has 0 spiro atoms. The lowest BCUT2D eigenvalue weighted by atomic mass is 9.98. The van der Waals surface area contributed by atoms with Gasteiger partial charge in [0, 0.05) is 23.4 Å². The van der Waals surface area contributed by atoms with Crippen LogP contribution < -0.4 is 4.74 Å². The molecule has 0 N–H and O–H groups in total. The van der Waals surface area contributed by atoms with Crippen molar-refractivity contribution in [1.82, 2.24) is 4.57 Å². The first-order chi connectivity index (χ1) is 12.2. The minimum atomic E-state index is -0.309. The van der Waals surface area contributed by atoms with Crippen molar-refractivity contribution in [3.63, 3.8) is 0 Å². The summed E-state index contributed by atoms with van der Waals surface area (Å²) in [6.45, 7) is 0.771. The summed E-state index contributed by atoms with van der Waals surface area (Å²) in [6.07, 6.45) is 0.907. The molecule has 0 saturated heterocycles. The topological polar surface area (TPSA) is 40.5 Å². The van der Waals surface area contributed by atoms with Crippen LogP contribution in [0.25, 0.3) is 22.4 Å². The van der Waals surface area contributed by atoms with Gasteiger partial charge in [0.05, 0.1) is 14.2 Å². The Bertz CT molecular complexity index is 938. The summed E-state index contributed by atoms with van der Waals surface area (Å²) in [4.78, 5) is 12.5. The molecule has 0 fully saturated rings. The van der Waals surface area contributed by atoms with Crippen LogP contribution in [0.1, 0.15) is 16.1 Å². The number of carbonyl (C=O) groups is 1. The number of hydrogen-bond donors (Lipinski definition) is 0. The van der Waals surface area contributed by atoms with E-state index in [0.29, 0.717) is 5.69 Å². The lowest BCUT2D eigenvalue weighted by Crippen LogP contribution is -2.17. The third-order valence-electron chi connectivity index (χ3n) is 4.77. The predicted octanol–water partition coefficient (Wildman–Crippen LogP) is 4.17. The van der Waals surface area contributed by atoms with Crippen LogP contribution in [0, 0.1) is 0 Å². The minimum Gasteiger partial charge on any atom is -0.497 e. The lowest BCUT2D eigenvalue weighted by molar-refractivity contribution is 0.0589. The summed E-state index contributed by atoms with van der Waals surface area (Å²) in [6, 6.07) is 18.2. The Morgan fingerprint density at radius 1 is 1.00 bits per heavy atom. The monoisotopic (exact) mass is 333 g/mol. The summed E-state index contributed by atoms with van der Waals surface area (Å²) in [7, 11) is 3.07. The normalized spacial score (nSPS) is 12.2. The summed E-state index contributed by atoms with van der Waals surface area (Å²) in [5.74, 6) is 0.481. The fourth-order valence-corrected chi connectivity index (χ4v) is 3.53. The van der Waals surface area contributed by atoms with Crippen LogP contribution in [0.5, 0.6) is 5.75 Å². The van der Waals surface area contributed by atoms with E-state index in [4.69, 9.17) is 9.47 Å². The second-order valence-corrected chi connectivity index (χ2v) is 6.07. The molecule has 2 aromatic carbocycles. The number of nitrogens with zero attached hydrogens (tertiary/aromatic N) is 1. The van der Waals surface area contributed by atoms with Gasteiger partial charge in [-0.05, 0) is 35.7 Å². The Kier molecular flexibility index (Phi) is 3.80. The molecule has 0 unspecified atom stereocenters. The van der Waals surface area contributed by atoms with Crippen LogP contribution in [-0.2, 0) is 17.7 Å². The number of rotatable bonds is 3. The lowest BCUT2D eigenvalue weighted by Gasteiger charge is -2.20. The third-order valence-corrected chi connectivity index (χ3v) is 4.77. The quantitative estimate of drug-likeness (QED) is 0.675. The van der Waals surface area contributed by atoms with E-state index in [0.717, 1.165) is 35.5 Å².